The molecule has 0 aliphatic heterocycles. The van der Waals surface area contributed by atoms with Crippen LogP contribution < -0.4 is 0 Å². The molecule has 4 aliphatic rings. The molecule has 252 valence electrons. The Balaban J connectivity index is 0.000000281. The van der Waals surface area contributed by atoms with E-state index in [9.17, 15) is 35.9 Å². The summed E-state index contributed by atoms with van der Waals surface area (Å²) >= 11 is 0. The fraction of sp³-hybridized carbons (Fsp3) is 0.824. The molecule has 0 heterocycles. The number of ether oxygens (including phenoxy) is 2. The van der Waals surface area contributed by atoms with Crippen molar-refractivity contribution in [2.45, 2.75) is 117 Å². The lowest BCUT2D eigenvalue weighted by atomic mass is 9.68. The van der Waals surface area contributed by atoms with E-state index in [0.717, 1.165) is 19.3 Å². The molecule has 4 aliphatic carbocycles. The molecule has 0 aromatic rings. The van der Waals surface area contributed by atoms with Crippen molar-refractivity contribution in [2.75, 3.05) is 0 Å². The van der Waals surface area contributed by atoms with Gasteiger partial charge >= 0.3 is 29.9 Å². The summed E-state index contributed by atoms with van der Waals surface area (Å²) in [6.07, 6.45) is -0.517. The number of hydrogen-bond donors (Lipinski definition) is 0. The van der Waals surface area contributed by atoms with Gasteiger partial charge in [-0.05, 0) is 120 Å². The first-order chi connectivity index (χ1) is 20.2. The molecule has 4 rings (SSSR count). The number of alkyl halides is 6. The number of halogens is 6. The van der Waals surface area contributed by atoms with Crippen LogP contribution in [0.4, 0.5) is 26.3 Å². The molecule has 10 unspecified atom stereocenters. The van der Waals surface area contributed by atoms with Gasteiger partial charge in [-0.1, -0.05) is 38.2 Å². The van der Waals surface area contributed by atoms with Crippen molar-refractivity contribution >= 4 is 11.9 Å². The van der Waals surface area contributed by atoms with E-state index >= 15 is 0 Å². The Bertz CT molecular complexity index is 1060. The van der Waals surface area contributed by atoms with Gasteiger partial charge in [-0.25, -0.2) is 0 Å². The highest BCUT2D eigenvalue weighted by atomic mass is 19.4. The fourth-order valence-electron chi connectivity index (χ4n) is 9.07. The van der Waals surface area contributed by atoms with Gasteiger partial charge in [0.05, 0.1) is 5.92 Å². The predicted octanol–water partition coefficient (Wildman–Crippen LogP) is 9.49. The van der Waals surface area contributed by atoms with Gasteiger partial charge in [-0.15, -0.1) is 0 Å². The summed E-state index contributed by atoms with van der Waals surface area (Å²) in [6.45, 7) is 14.6. The maximum absolute atomic E-state index is 13.6. The Labute approximate surface area is 258 Å². The van der Waals surface area contributed by atoms with Crippen molar-refractivity contribution in [1.82, 2.24) is 0 Å². The molecular formula is C34H50F6O4. The van der Waals surface area contributed by atoms with Crippen LogP contribution in [0.25, 0.3) is 0 Å². The number of allylic oxidation sites excluding steroid dienone is 4. The number of rotatable bonds is 6. The van der Waals surface area contributed by atoms with E-state index in [1.807, 2.05) is 52.8 Å². The number of hydrogen-bond acceptors (Lipinski definition) is 4. The summed E-state index contributed by atoms with van der Waals surface area (Å²) in [5, 5.41) is 0. The molecular weight excluding hydrogens is 586 g/mol. The first-order valence-corrected chi connectivity index (χ1v) is 16.0. The second-order valence-electron chi connectivity index (χ2n) is 14.7. The topological polar surface area (TPSA) is 52.6 Å². The molecule has 10 heteroatoms. The van der Waals surface area contributed by atoms with Gasteiger partial charge in [0, 0.05) is 13.3 Å². The molecule has 0 aromatic carbocycles. The van der Waals surface area contributed by atoms with Crippen LogP contribution in [-0.2, 0) is 19.1 Å². The summed E-state index contributed by atoms with van der Waals surface area (Å²) < 4.78 is 91.4. The van der Waals surface area contributed by atoms with Gasteiger partial charge in [-0.2, -0.15) is 26.3 Å². The molecule has 44 heavy (non-hydrogen) atoms. The van der Waals surface area contributed by atoms with Crippen LogP contribution in [0.1, 0.15) is 93.9 Å². The Hall–Kier alpha value is -2.00. The molecule has 4 fully saturated rings. The molecule has 0 spiro atoms. The Kier molecular flexibility index (Phi) is 11.1. The van der Waals surface area contributed by atoms with Crippen LogP contribution in [-0.4, -0.2) is 35.5 Å². The molecule has 4 nitrogen and oxygen atoms in total. The minimum atomic E-state index is -5.72. The zero-order valence-electron chi connectivity index (χ0n) is 27.2. The van der Waals surface area contributed by atoms with E-state index in [1.165, 1.54) is 0 Å². The SMILES string of the molecule is C/C=C/C1CC(C)C2C3CC(CC(OC(C)=O)(C(F)(F)F)C(F)(F)F)C(C3)C12.C/C=C/C1CC(C)CC1C(=O)OC(C)(C)C. The second-order valence-corrected chi connectivity index (χ2v) is 14.7. The number of carbonyl (C=O) groups is 2. The summed E-state index contributed by atoms with van der Waals surface area (Å²) in [5.41, 5.74) is -4.81. The van der Waals surface area contributed by atoms with Crippen molar-refractivity contribution in [1.29, 1.82) is 0 Å². The normalized spacial score (nSPS) is 35.6. The molecule has 0 amide bonds. The first-order valence-electron chi connectivity index (χ1n) is 16.0. The van der Waals surface area contributed by atoms with Crippen molar-refractivity contribution in [3.63, 3.8) is 0 Å². The second kappa shape index (κ2) is 13.4. The summed E-state index contributed by atoms with van der Waals surface area (Å²) in [4.78, 5) is 23.3. The maximum atomic E-state index is 13.6. The summed E-state index contributed by atoms with van der Waals surface area (Å²) in [5.74, 6) is -0.243. The van der Waals surface area contributed by atoms with Crippen molar-refractivity contribution in [3.8, 4) is 0 Å². The molecule has 0 aromatic heterocycles. The van der Waals surface area contributed by atoms with Crippen molar-refractivity contribution in [2.24, 2.45) is 59.2 Å². The van der Waals surface area contributed by atoms with Crippen LogP contribution in [0.3, 0.4) is 0 Å². The van der Waals surface area contributed by atoms with E-state index in [0.29, 0.717) is 43.4 Å². The summed E-state index contributed by atoms with van der Waals surface area (Å²) in [7, 11) is 0. The minimum absolute atomic E-state index is 0.0278. The molecule has 4 saturated carbocycles. The van der Waals surface area contributed by atoms with Crippen LogP contribution >= 0.6 is 0 Å². The quantitative estimate of drug-likeness (QED) is 0.166. The van der Waals surface area contributed by atoms with Gasteiger partial charge in [0.1, 0.15) is 5.60 Å². The lowest BCUT2D eigenvalue weighted by Crippen LogP contribution is -2.60. The highest BCUT2D eigenvalue weighted by Gasteiger charge is 2.75. The third-order valence-corrected chi connectivity index (χ3v) is 10.3. The minimum Gasteiger partial charge on any atom is -0.460 e. The summed E-state index contributed by atoms with van der Waals surface area (Å²) in [6, 6.07) is 0. The van der Waals surface area contributed by atoms with E-state index in [2.05, 4.69) is 24.7 Å². The zero-order valence-corrected chi connectivity index (χ0v) is 27.2. The van der Waals surface area contributed by atoms with Crippen LogP contribution in [0.15, 0.2) is 24.3 Å². The van der Waals surface area contributed by atoms with E-state index in [-0.39, 0.29) is 41.2 Å². The smallest absolute Gasteiger partial charge is 0.437 e. The van der Waals surface area contributed by atoms with Gasteiger partial charge in [0.2, 0.25) is 0 Å². The highest BCUT2D eigenvalue weighted by molar-refractivity contribution is 5.74. The lowest BCUT2D eigenvalue weighted by molar-refractivity contribution is -0.374. The number of esters is 2. The first kappa shape index (κ1) is 36.5. The number of fused-ring (bicyclic) bond motifs is 5. The monoisotopic (exact) mass is 636 g/mol. The largest absolute Gasteiger partial charge is 0.460 e. The van der Waals surface area contributed by atoms with E-state index in [1.54, 1.807) is 0 Å². The molecule has 10 atom stereocenters. The average molecular weight is 637 g/mol. The Morgan fingerprint density at radius 2 is 1.34 bits per heavy atom. The van der Waals surface area contributed by atoms with Gasteiger partial charge in [-0.3, -0.25) is 9.59 Å². The highest BCUT2D eigenvalue weighted by Crippen LogP contribution is 2.67. The molecule has 0 N–H and O–H groups in total. The van der Waals surface area contributed by atoms with Gasteiger partial charge < -0.3 is 9.47 Å². The Morgan fingerprint density at radius 1 is 0.773 bits per heavy atom. The standard InChI is InChI=1S/C20H26F6O2.C14H24O2/c1-4-5-12-6-10(2)16-13-7-14(15(8-13)17(12)16)9-18(19(21,22)23,20(24,25)26)28-11(3)27;1-6-7-11-8-10(2)9-12(11)13(15)16-14(3,4)5/h4-5,10,12-17H,6-9H2,1-3H3;6-7,10-12H,8-9H2,1-5H3/b5-4+;7-6+. The maximum Gasteiger partial charge on any atom is 0.437 e. The van der Waals surface area contributed by atoms with Crippen LogP contribution in [0.2, 0.25) is 0 Å². The fourth-order valence-corrected chi connectivity index (χ4v) is 9.07. The molecule has 2 bridgehead atoms. The van der Waals surface area contributed by atoms with Crippen molar-refractivity contribution in [3.05, 3.63) is 24.3 Å². The Morgan fingerprint density at radius 3 is 1.84 bits per heavy atom. The van der Waals surface area contributed by atoms with Crippen molar-refractivity contribution < 1.29 is 45.4 Å². The van der Waals surface area contributed by atoms with Crippen LogP contribution in [0.5, 0.6) is 0 Å². The van der Waals surface area contributed by atoms with E-state index in [4.69, 9.17) is 4.74 Å². The van der Waals surface area contributed by atoms with Gasteiger partial charge in [0.15, 0.2) is 0 Å². The zero-order chi connectivity index (χ0) is 33.4. The lowest BCUT2D eigenvalue weighted by Gasteiger charge is -2.42. The number of carbonyl (C=O) groups excluding carboxylic acids is 2. The van der Waals surface area contributed by atoms with Crippen LogP contribution in [0, 0.1) is 59.2 Å². The predicted molar refractivity (Wildman–Crippen MR) is 156 cm³/mol. The third-order valence-electron chi connectivity index (χ3n) is 10.3. The average Bonchev–Trinajstić information content (AvgIpc) is 3.59. The van der Waals surface area contributed by atoms with E-state index < -0.39 is 36.3 Å². The molecule has 0 radical (unpaired) electrons. The van der Waals surface area contributed by atoms with Gasteiger partial charge in [0.25, 0.3) is 0 Å². The molecule has 0 saturated heterocycles. The third kappa shape index (κ3) is 7.68.